The van der Waals surface area contributed by atoms with Crippen molar-refractivity contribution in [3.8, 4) is 5.75 Å². The van der Waals surface area contributed by atoms with Crippen molar-refractivity contribution in [2.24, 2.45) is 4.99 Å². The van der Waals surface area contributed by atoms with Gasteiger partial charge in [0.25, 0.3) is 0 Å². The Morgan fingerprint density at radius 3 is 2.95 bits per heavy atom. The molecule has 19 heavy (non-hydrogen) atoms. The van der Waals surface area contributed by atoms with Crippen LogP contribution in [0.2, 0.25) is 0 Å². The van der Waals surface area contributed by atoms with E-state index in [0.717, 1.165) is 43.9 Å². The normalized spacial score (nSPS) is 14.8. The lowest BCUT2D eigenvalue weighted by molar-refractivity contribution is 0.387. The maximum atomic E-state index is 9.83. The van der Waals surface area contributed by atoms with Crippen molar-refractivity contribution in [1.29, 1.82) is 0 Å². The van der Waals surface area contributed by atoms with Gasteiger partial charge in [0.1, 0.15) is 5.75 Å². The van der Waals surface area contributed by atoms with Crippen LogP contribution < -0.4 is 5.32 Å². The first-order valence-corrected chi connectivity index (χ1v) is 6.77. The molecular formula is C15H21N3O. The third kappa shape index (κ3) is 3.74. The number of hydrogen-bond donors (Lipinski definition) is 2. The van der Waals surface area contributed by atoms with Crippen LogP contribution in [0.5, 0.6) is 5.75 Å². The minimum Gasteiger partial charge on any atom is -0.507 e. The topological polar surface area (TPSA) is 47.9 Å². The van der Waals surface area contributed by atoms with E-state index in [1.807, 2.05) is 24.4 Å². The van der Waals surface area contributed by atoms with E-state index in [4.69, 9.17) is 0 Å². The number of hydrogen-bond acceptors (Lipinski definition) is 4. The molecule has 102 valence electrons. The van der Waals surface area contributed by atoms with Crippen molar-refractivity contribution in [3.05, 3.63) is 42.2 Å². The number of nitrogens with one attached hydrogen (secondary N) is 1. The average molecular weight is 259 g/mol. The first-order valence-electron chi connectivity index (χ1n) is 6.77. The Morgan fingerprint density at radius 1 is 1.42 bits per heavy atom. The Morgan fingerprint density at radius 2 is 2.26 bits per heavy atom. The van der Waals surface area contributed by atoms with Crippen molar-refractivity contribution < 1.29 is 5.11 Å². The number of nitrogens with zero attached hydrogens (tertiary/aromatic N) is 2. The molecule has 0 bridgehead atoms. The van der Waals surface area contributed by atoms with Crippen LogP contribution in [0.4, 0.5) is 0 Å². The van der Waals surface area contributed by atoms with Crippen LogP contribution in [-0.4, -0.2) is 35.5 Å². The molecule has 1 aliphatic rings. The molecule has 0 unspecified atom stereocenters. The van der Waals surface area contributed by atoms with Gasteiger partial charge < -0.3 is 15.3 Å². The monoisotopic (exact) mass is 259 g/mol. The molecule has 1 aliphatic heterocycles. The molecule has 1 aromatic carbocycles. The van der Waals surface area contributed by atoms with Gasteiger partial charge in [-0.3, -0.25) is 4.99 Å². The zero-order valence-electron chi connectivity index (χ0n) is 11.3. The summed E-state index contributed by atoms with van der Waals surface area (Å²) in [7, 11) is 0. The van der Waals surface area contributed by atoms with Gasteiger partial charge in [-0.25, -0.2) is 0 Å². The molecule has 0 aliphatic carbocycles. The lowest BCUT2D eigenvalue weighted by atomic mass is 10.1. The minimum atomic E-state index is 0.315. The third-order valence-corrected chi connectivity index (χ3v) is 3.15. The second-order valence-corrected chi connectivity index (χ2v) is 4.54. The first kappa shape index (κ1) is 13.5. The van der Waals surface area contributed by atoms with Gasteiger partial charge in [-0.15, -0.1) is 0 Å². The number of aliphatic imine (C=N–C) groups is 1. The smallest absolute Gasteiger partial charge is 0.124 e. The number of aromatic hydroxyl groups is 1. The highest BCUT2D eigenvalue weighted by Gasteiger charge is 2.06. The SMILES string of the molecule is CCC(=NCCCN1C=CNC1)c1ccccc1O. The molecule has 4 heteroatoms. The van der Waals surface area contributed by atoms with Crippen molar-refractivity contribution in [2.45, 2.75) is 19.8 Å². The van der Waals surface area contributed by atoms with E-state index in [-0.39, 0.29) is 0 Å². The lowest BCUT2D eigenvalue weighted by Crippen LogP contribution is -2.22. The highest BCUT2D eigenvalue weighted by molar-refractivity contribution is 6.02. The quantitative estimate of drug-likeness (QED) is 0.609. The van der Waals surface area contributed by atoms with Gasteiger partial charge in [-0.05, 0) is 25.0 Å². The molecule has 0 saturated heterocycles. The highest BCUT2D eigenvalue weighted by atomic mass is 16.3. The van der Waals surface area contributed by atoms with Crippen LogP contribution in [0.3, 0.4) is 0 Å². The Labute approximate surface area is 114 Å². The summed E-state index contributed by atoms with van der Waals surface area (Å²) in [5.41, 5.74) is 1.83. The number of phenolic OH excluding ortho intramolecular Hbond substituents is 1. The van der Waals surface area contributed by atoms with Crippen LogP contribution in [-0.2, 0) is 0 Å². The molecule has 0 fully saturated rings. The minimum absolute atomic E-state index is 0.315. The van der Waals surface area contributed by atoms with Gasteiger partial charge >= 0.3 is 0 Å². The number of benzene rings is 1. The van der Waals surface area contributed by atoms with Crippen LogP contribution in [0, 0.1) is 0 Å². The van der Waals surface area contributed by atoms with Gasteiger partial charge in [-0.2, -0.15) is 0 Å². The summed E-state index contributed by atoms with van der Waals surface area (Å²) in [6, 6.07) is 7.39. The fourth-order valence-corrected chi connectivity index (χ4v) is 2.13. The maximum Gasteiger partial charge on any atom is 0.124 e. The van der Waals surface area contributed by atoms with Gasteiger partial charge in [-0.1, -0.05) is 19.1 Å². The zero-order valence-corrected chi connectivity index (χ0v) is 11.3. The van der Waals surface area contributed by atoms with E-state index in [9.17, 15) is 5.11 Å². The van der Waals surface area contributed by atoms with Crippen molar-refractivity contribution in [3.63, 3.8) is 0 Å². The number of rotatable bonds is 6. The molecule has 0 saturated carbocycles. The van der Waals surface area contributed by atoms with Gasteiger partial charge in [0.2, 0.25) is 0 Å². The van der Waals surface area contributed by atoms with E-state index >= 15 is 0 Å². The molecule has 0 radical (unpaired) electrons. The summed E-state index contributed by atoms with van der Waals surface area (Å²) < 4.78 is 0. The Kier molecular flexibility index (Phi) is 4.84. The van der Waals surface area contributed by atoms with Crippen LogP contribution in [0.15, 0.2) is 41.7 Å². The zero-order chi connectivity index (χ0) is 13.5. The number of para-hydroxylation sites is 1. The van der Waals surface area contributed by atoms with Gasteiger partial charge in [0.15, 0.2) is 0 Å². The summed E-state index contributed by atoms with van der Waals surface area (Å²) in [6.45, 7) is 4.76. The lowest BCUT2D eigenvalue weighted by Gasteiger charge is -2.13. The van der Waals surface area contributed by atoms with Crippen LogP contribution >= 0.6 is 0 Å². The largest absolute Gasteiger partial charge is 0.507 e. The van der Waals surface area contributed by atoms with Gasteiger partial charge in [0, 0.05) is 36.8 Å². The molecule has 0 amide bonds. The van der Waals surface area contributed by atoms with Crippen LogP contribution in [0.1, 0.15) is 25.3 Å². The molecule has 0 spiro atoms. The second-order valence-electron chi connectivity index (χ2n) is 4.54. The fourth-order valence-electron chi connectivity index (χ4n) is 2.13. The summed E-state index contributed by atoms with van der Waals surface area (Å²) >= 11 is 0. The predicted octanol–water partition coefficient (Wildman–Crippen LogP) is 2.32. The Bertz CT molecular complexity index is 468. The van der Waals surface area contributed by atoms with Crippen molar-refractivity contribution >= 4 is 5.71 Å². The third-order valence-electron chi connectivity index (χ3n) is 3.15. The van der Waals surface area contributed by atoms with Crippen LogP contribution in [0.25, 0.3) is 0 Å². The Balaban J connectivity index is 1.88. The maximum absolute atomic E-state index is 9.83. The molecule has 4 nitrogen and oxygen atoms in total. The van der Waals surface area contributed by atoms with E-state index in [1.54, 1.807) is 6.07 Å². The van der Waals surface area contributed by atoms with E-state index in [2.05, 4.69) is 28.3 Å². The predicted molar refractivity (Wildman–Crippen MR) is 78.3 cm³/mol. The molecule has 0 atom stereocenters. The summed E-state index contributed by atoms with van der Waals surface area (Å²) in [5, 5.41) is 13.0. The second kappa shape index (κ2) is 6.83. The van der Waals surface area contributed by atoms with E-state index < -0.39 is 0 Å². The molecule has 1 heterocycles. The Hall–Kier alpha value is -1.97. The molecule has 2 rings (SSSR count). The summed E-state index contributed by atoms with van der Waals surface area (Å²) in [4.78, 5) is 6.84. The molecular weight excluding hydrogens is 238 g/mol. The molecule has 0 aromatic heterocycles. The molecule has 1 aromatic rings. The fraction of sp³-hybridized carbons (Fsp3) is 0.400. The van der Waals surface area contributed by atoms with E-state index in [0.29, 0.717) is 5.75 Å². The number of phenols is 1. The summed E-state index contributed by atoms with van der Waals surface area (Å²) in [6.07, 6.45) is 5.88. The van der Waals surface area contributed by atoms with Crippen molar-refractivity contribution in [2.75, 3.05) is 19.8 Å². The first-order chi connectivity index (χ1) is 9.31. The summed E-state index contributed by atoms with van der Waals surface area (Å²) in [5.74, 6) is 0.315. The average Bonchev–Trinajstić information content (AvgIpc) is 2.93. The molecule has 2 N–H and O–H groups in total. The van der Waals surface area contributed by atoms with Gasteiger partial charge in [0.05, 0.1) is 6.67 Å². The van der Waals surface area contributed by atoms with Crippen molar-refractivity contribution in [1.82, 2.24) is 10.2 Å². The standard InChI is InChI=1S/C15H21N3O/c1-2-14(13-6-3-4-7-15(13)19)17-8-5-10-18-11-9-16-12-18/h3-4,6-7,9,11,16,19H,2,5,8,10,12H2,1H3. The van der Waals surface area contributed by atoms with E-state index in [1.165, 1.54) is 0 Å². The highest BCUT2D eigenvalue weighted by Crippen LogP contribution is 2.18.